The van der Waals surface area contributed by atoms with Crippen LogP contribution in [0.2, 0.25) is 0 Å². The molecule has 1 heterocycles. The van der Waals surface area contributed by atoms with Crippen molar-refractivity contribution in [3.8, 4) is 0 Å². The van der Waals surface area contributed by atoms with E-state index in [-0.39, 0.29) is 5.97 Å². The highest BCUT2D eigenvalue weighted by Crippen LogP contribution is 2.15. The summed E-state index contributed by atoms with van der Waals surface area (Å²) < 4.78 is 10.3. The summed E-state index contributed by atoms with van der Waals surface area (Å²) in [4.78, 5) is 13.9. The van der Waals surface area contributed by atoms with Crippen LogP contribution in [0.25, 0.3) is 0 Å². The van der Waals surface area contributed by atoms with Crippen molar-refractivity contribution in [3.63, 3.8) is 0 Å². The molecule has 1 saturated heterocycles. The standard InChI is InChI=1S/C13H26N2O3/c1-4-18-12(16)13(2,14)7-5-8-15(3)11-6-9-17-10-11/h11H,4-10,14H2,1-3H3. The summed E-state index contributed by atoms with van der Waals surface area (Å²) in [6.07, 6.45) is 2.62. The molecular formula is C13H26N2O3. The first-order valence-corrected chi connectivity index (χ1v) is 6.71. The molecule has 0 aromatic rings. The molecule has 2 unspecified atom stereocenters. The maximum atomic E-state index is 11.6. The fourth-order valence-electron chi connectivity index (χ4n) is 2.15. The third-order valence-electron chi connectivity index (χ3n) is 3.48. The lowest BCUT2D eigenvalue weighted by molar-refractivity contribution is -0.149. The van der Waals surface area contributed by atoms with Gasteiger partial charge in [0.05, 0.1) is 13.2 Å². The van der Waals surface area contributed by atoms with Gasteiger partial charge >= 0.3 is 5.97 Å². The third-order valence-corrected chi connectivity index (χ3v) is 3.48. The lowest BCUT2D eigenvalue weighted by Gasteiger charge is -2.26. The molecule has 5 nitrogen and oxygen atoms in total. The number of likely N-dealkylation sites (N-methyl/N-ethyl adjacent to an activating group) is 1. The van der Waals surface area contributed by atoms with Gasteiger partial charge in [-0.1, -0.05) is 0 Å². The van der Waals surface area contributed by atoms with Crippen molar-refractivity contribution in [1.82, 2.24) is 4.90 Å². The van der Waals surface area contributed by atoms with Gasteiger partial charge in [-0.05, 0) is 46.7 Å². The van der Waals surface area contributed by atoms with E-state index < -0.39 is 5.54 Å². The van der Waals surface area contributed by atoms with Crippen molar-refractivity contribution in [3.05, 3.63) is 0 Å². The Balaban J connectivity index is 2.25. The molecule has 0 aliphatic carbocycles. The molecule has 2 atom stereocenters. The van der Waals surface area contributed by atoms with E-state index in [0.29, 0.717) is 19.1 Å². The zero-order valence-corrected chi connectivity index (χ0v) is 11.8. The molecule has 0 saturated carbocycles. The van der Waals surface area contributed by atoms with E-state index in [1.54, 1.807) is 13.8 Å². The van der Waals surface area contributed by atoms with E-state index in [2.05, 4.69) is 11.9 Å². The van der Waals surface area contributed by atoms with Crippen molar-refractivity contribution < 1.29 is 14.3 Å². The Kier molecular flexibility index (Phi) is 6.05. The largest absolute Gasteiger partial charge is 0.465 e. The molecule has 0 amide bonds. The van der Waals surface area contributed by atoms with Gasteiger partial charge in [0.15, 0.2) is 0 Å². The monoisotopic (exact) mass is 258 g/mol. The SMILES string of the molecule is CCOC(=O)C(C)(N)CCCN(C)C1CCOC1. The lowest BCUT2D eigenvalue weighted by Crippen LogP contribution is -2.46. The summed E-state index contributed by atoms with van der Waals surface area (Å²) in [5.74, 6) is -0.308. The molecule has 18 heavy (non-hydrogen) atoms. The third kappa shape index (κ3) is 4.55. The predicted molar refractivity (Wildman–Crippen MR) is 70.3 cm³/mol. The normalized spacial score (nSPS) is 23.1. The summed E-state index contributed by atoms with van der Waals surface area (Å²) >= 11 is 0. The van der Waals surface area contributed by atoms with Crippen LogP contribution < -0.4 is 5.73 Å². The Labute approximate surface area is 110 Å². The molecule has 0 radical (unpaired) electrons. The number of nitrogens with zero attached hydrogens (tertiary/aromatic N) is 1. The molecule has 2 N–H and O–H groups in total. The van der Waals surface area contributed by atoms with Crippen LogP contribution in [0.15, 0.2) is 0 Å². The first-order chi connectivity index (χ1) is 8.47. The Morgan fingerprint density at radius 2 is 2.33 bits per heavy atom. The molecule has 0 bridgehead atoms. The molecule has 0 spiro atoms. The number of carbonyl (C=O) groups is 1. The molecule has 106 valence electrons. The molecule has 1 fully saturated rings. The van der Waals surface area contributed by atoms with E-state index in [1.807, 2.05) is 0 Å². The van der Waals surface area contributed by atoms with Crippen molar-refractivity contribution in [2.45, 2.75) is 44.7 Å². The highest BCUT2D eigenvalue weighted by molar-refractivity contribution is 5.79. The first-order valence-electron chi connectivity index (χ1n) is 6.71. The van der Waals surface area contributed by atoms with Crippen LogP contribution in [-0.2, 0) is 14.3 Å². The average molecular weight is 258 g/mol. The second-order valence-electron chi connectivity index (χ2n) is 5.24. The van der Waals surface area contributed by atoms with Gasteiger partial charge in [0.2, 0.25) is 0 Å². The van der Waals surface area contributed by atoms with Crippen LogP contribution in [0.3, 0.4) is 0 Å². The van der Waals surface area contributed by atoms with Gasteiger partial charge < -0.3 is 20.1 Å². The Morgan fingerprint density at radius 1 is 1.61 bits per heavy atom. The quantitative estimate of drug-likeness (QED) is 0.683. The summed E-state index contributed by atoms with van der Waals surface area (Å²) in [6, 6.07) is 0.511. The minimum absolute atomic E-state index is 0.308. The fourth-order valence-corrected chi connectivity index (χ4v) is 2.15. The zero-order chi connectivity index (χ0) is 13.6. The Hall–Kier alpha value is -0.650. The van der Waals surface area contributed by atoms with Crippen molar-refractivity contribution in [2.24, 2.45) is 5.73 Å². The van der Waals surface area contributed by atoms with E-state index in [9.17, 15) is 4.79 Å². The minimum atomic E-state index is -0.872. The summed E-state index contributed by atoms with van der Waals surface area (Å²) in [5.41, 5.74) is 5.10. The van der Waals surface area contributed by atoms with Crippen LogP contribution in [0.5, 0.6) is 0 Å². The van der Waals surface area contributed by atoms with Crippen LogP contribution in [0, 0.1) is 0 Å². The Morgan fingerprint density at radius 3 is 2.89 bits per heavy atom. The molecule has 5 heteroatoms. The van der Waals surface area contributed by atoms with Crippen molar-refractivity contribution >= 4 is 5.97 Å². The van der Waals surface area contributed by atoms with Crippen LogP contribution >= 0.6 is 0 Å². The Bertz CT molecular complexity index is 263. The lowest BCUT2D eigenvalue weighted by atomic mass is 9.97. The summed E-state index contributed by atoms with van der Waals surface area (Å²) in [6.45, 7) is 6.51. The number of rotatable bonds is 7. The van der Waals surface area contributed by atoms with Gasteiger partial charge in [-0.3, -0.25) is 4.79 Å². The predicted octanol–water partition coefficient (Wildman–Crippen LogP) is 0.768. The molecule has 1 aliphatic heterocycles. The second kappa shape index (κ2) is 7.07. The maximum Gasteiger partial charge on any atom is 0.325 e. The van der Waals surface area contributed by atoms with E-state index in [4.69, 9.17) is 15.2 Å². The highest BCUT2D eigenvalue weighted by atomic mass is 16.5. The van der Waals surface area contributed by atoms with E-state index >= 15 is 0 Å². The van der Waals surface area contributed by atoms with Crippen molar-refractivity contribution in [1.29, 1.82) is 0 Å². The topological polar surface area (TPSA) is 64.8 Å². The molecule has 0 aromatic carbocycles. The number of esters is 1. The van der Waals surface area contributed by atoms with E-state index in [1.165, 1.54) is 0 Å². The maximum absolute atomic E-state index is 11.6. The van der Waals surface area contributed by atoms with Gasteiger partial charge in [0.25, 0.3) is 0 Å². The molecule has 1 aliphatic rings. The van der Waals surface area contributed by atoms with Crippen LogP contribution in [0.4, 0.5) is 0 Å². The average Bonchev–Trinajstić information content (AvgIpc) is 2.82. The number of hydrogen-bond donors (Lipinski definition) is 1. The van der Waals surface area contributed by atoms with Gasteiger partial charge in [-0.2, -0.15) is 0 Å². The second-order valence-corrected chi connectivity index (χ2v) is 5.24. The van der Waals surface area contributed by atoms with Gasteiger partial charge in [-0.25, -0.2) is 0 Å². The van der Waals surface area contributed by atoms with Gasteiger partial charge in [0.1, 0.15) is 5.54 Å². The van der Waals surface area contributed by atoms with Gasteiger partial charge in [-0.15, -0.1) is 0 Å². The molecular weight excluding hydrogens is 232 g/mol. The highest BCUT2D eigenvalue weighted by Gasteiger charge is 2.29. The number of hydrogen-bond acceptors (Lipinski definition) is 5. The number of ether oxygens (including phenoxy) is 2. The zero-order valence-electron chi connectivity index (χ0n) is 11.8. The first kappa shape index (κ1) is 15.4. The molecule has 1 rings (SSSR count). The number of carbonyl (C=O) groups excluding carboxylic acids is 1. The summed E-state index contributed by atoms with van der Waals surface area (Å²) in [7, 11) is 2.09. The van der Waals surface area contributed by atoms with Crippen molar-refractivity contribution in [2.75, 3.05) is 33.4 Å². The van der Waals surface area contributed by atoms with Gasteiger partial charge in [0, 0.05) is 12.6 Å². The number of nitrogens with two attached hydrogens (primary N) is 1. The fraction of sp³-hybridized carbons (Fsp3) is 0.923. The smallest absolute Gasteiger partial charge is 0.325 e. The van der Waals surface area contributed by atoms with Crippen LogP contribution in [0.1, 0.15) is 33.1 Å². The minimum Gasteiger partial charge on any atom is -0.465 e. The summed E-state index contributed by atoms with van der Waals surface area (Å²) in [5, 5.41) is 0. The molecule has 0 aromatic heterocycles. The van der Waals surface area contributed by atoms with E-state index in [0.717, 1.165) is 32.6 Å². The van der Waals surface area contributed by atoms with Crippen LogP contribution in [-0.4, -0.2) is 55.9 Å².